The quantitative estimate of drug-likeness (QED) is 0.685. The van der Waals surface area contributed by atoms with E-state index in [9.17, 15) is 13.2 Å². The second kappa shape index (κ2) is 7.83. The molecular weight excluding hydrogens is 376 g/mol. The minimum absolute atomic E-state index is 0.115. The minimum atomic E-state index is -3.48. The Hall–Kier alpha value is -2.55. The van der Waals surface area contributed by atoms with Crippen LogP contribution < -0.4 is 10.9 Å². The molecule has 0 saturated heterocycles. The van der Waals surface area contributed by atoms with Crippen molar-refractivity contribution in [2.75, 3.05) is 14.1 Å². The van der Waals surface area contributed by atoms with Crippen molar-refractivity contribution in [1.29, 1.82) is 0 Å². The first-order chi connectivity index (χ1) is 13.2. The lowest BCUT2D eigenvalue weighted by atomic mass is 10.1. The molecule has 2 aromatic heterocycles. The maximum Gasteiger partial charge on any atom is 0.258 e. The van der Waals surface area contributed by atoms with Crippen molar-refractivity contribution in [3.63, 3.8) is 0 Å². The fourth-order valence-corrected chi connectivity index (χ4v) is 3.84. The SMILES string of the molecule is Cc1ccc2nc(CNC(C)c3cccc(S(=O)(=O)N(C)C)c3)cc(=O)n2c1. The summed E-state index contributed by atoms with van der Waals surface area (Å²) in [6.45, 7) is 4.26. The minimum Gasteiger partial charge on any atom is -0.305 e. The molecule has 1 atom stereocenters. The summed E-state index contributed by atoms with van der Waals surface area (Å²) in [7, 11) is -0.466. The third kappa shape index (κ3) is 4.14. The predicted octanol–water partition coefficient (Wildman–Crippen LogP) is 2.10. The van der Waals surface area contributed by atoms with E-state index in [1.807, 2.05) is 32.0 Å². The Balaban J connectivity index is 1.79. The van der Waals surface area contributed by atoms with Crippen molar-refractivity contribution in [3.05, 3.63) is 75.8 Å². The normalized spacial score (nSPS) is 13.2. The molecule has 0 amide bonds. The van der Waals surface area contributed by atoms with Gasteiger partial charge in [0.25, 0.3) is 5.56 Å². The van der Waals surface area contributed by atoms with Gasteiger partial charge in [0, 0.05) is 38.9 Å². The monoisotopic (exact) mass is 400 g/mol. The molecule has 3 rings (SSSR count). The van der Waals surface area contributed by atoms with Crippen LogP contribution in [0.25, 0.3) is 5.65 Å². The van der Waals surface area contributed by atoms with Crippen LogP contribution in [0, 0.1) is 6.92 Å². The maximum absolute atomic E-state index is 12.3. The van der Waals surface area contributed by atoms with E-state index in [-0.39, 0.29) is 16.5 Å². The molecule has 1 unspecified atom stereocenters. The zero-order valence-corrected chi connectivity index (χ0v) is 17.2. The fraction of sp³-hybridized carbons (Fsp3) is 0.300. The number of hydrogen-bond donors (Lipinski definition) is 1. The van der Waals surface area contributed by atoms with Crippen molar-refractivity contribution in [2.45, 2.75) is 31.3 Å². The number of nitrogens with one attached hydrogen (secondary N) is 1. The first kappa shape index (κ1) is 20.2. The van der Waals surface area contributed by atoms with Crippen LogP contribution >= 0.6 is 0 Å². The topological polar surface area (TPSA) is 83.8 Å². The third-order valence-corrected chi connectivity index (χ3v) is 6.40. The Bertz CT molecular complexity index is 1170. The molecule has 7 nitrogen and oxygen atoms in total. The van der Waals surface area contributed by atoms with E-state index in [1.165, 1.54) is 28.9 Å². The highest BCUT2D eigenvalue weighted by molar-refractivity contribution is 7.89. The molecule has 0 fully saturated rings. The predicted molar refractivity (Wildman–Crippen MR) is 109 cm³/mol. The highest BCUT2D eigenvalue weighted by Crippen LogP contribution is 2.19. The highest BCUT2D eigenvalue weighted by Gasteiger charge is 2.18. The van der Waals surface area contributed by atoms with Crippen molar-refractivity contribution in [2.24, 2.45) is 0 Å². The van der Waals surface area contributed by atoms with Crippen LogP contribution in [0.4, 0.5) is 0 Å². The summed E-state index contributed by atoms with van der Waals surface area (Å²) >= 11 is 0. The number of rotatable bonds is 6. The van der Waals surface area contributed by atoms with E-state index < -0.39 is 10.0 Å². The average molecular weight is 401 g/mol. The lowest BCUT2D eigenvalue weighted by molar-refractivity contribution is 0.519. The van der Waals surface area contributed by atoms with Crippen molar-refractivity contribution in [3.8, 4) is 0 Å². The second-order valence-corrected chi connectivity index (χ2v) is 9.13. The van der Waals surface area contributed by atoms with Gasteiger partial charge < -0.3 is 5.32 Å². The second-order valence-electron chi connectivity index (χ2n) is 6.98. The summed E-state index contributed by atoms with van der Waals surface area (Å²) < 4.78 is 27.4. The number of hydrogen-bond acceptors (Lipinski definition) is 5. The number of pyridine rings is 1. The van der Waals surface area contributed by atoms with Crippen LogP contribution in [0.5, 0.6) is 0 Å². The maximum atomic E-state index is 12.3. The van der Waals surface area contributed by atoms with Crippen LogP contribution in [-0.4, -0.2) is 36.2 Å². The largest absolute Gasteiger partial charge is 0.305 e. The summed E-state index contributed by atoms with van der Waals surface area (Å²) in [5.41, 5.74) is 2.94. The van der Waals surface area contributed by atoms with Crippen LogP contribution in [-0.2, 0) is 16.6 Å². The molecular formula is C20H24N4O3S. The molecule has 8 heteroatoms. The Labute approximate surface area is 164 Å². The Morgan fingerprint density at radius 3 is 2.64 bits per heavy atom. The Morgan fingerprint density at radius 2 is 1.93 bits per heavy atom. The Morgan fingerprint density at radius 1 is 1.18 bits per heavy atom. The van der Waals surface area contributed by atoms with Gasteiger partial charge in [0.1, 0.15) is 5.65 Å². The van der Waals surface area contributed by atoms with Crippen LogP contribution in [0.15, 0.2) is 58.4 Å². The molecule has 0 aliphatic carbocycles. The number of nitrogens with zero attached hydrogens (tertiary/aromatic N) is 3. The van der Waals surface area contributed by atoms with Crippen LogP contribution in [0.2, 0.25) is 0 Å². The number of aryl methyl sites for hydroxylation is 1. The zero-order valence-electron chi connectivity index (χ0n) is 16.4. The van der Waals surface area contributed by atoms with Gasteiger partial charge in [0.15, 0.2) is 0 Å². The smallest absolute Gasteiger partial charge is 0.258 e. The van der Waals surface area contributed by atoms with Gasteiger partial charge in [-0.25, -0.2) is 17.7 Å². The lowest BCUT2D eigenvalue weighted by Gasteiger charge is -2.17. The first-order valence-corrected chi connectivity index (χ1v) is 10.4. The average Bonchev–Trinajstić information content (AvgIpc) is 2.66. The van der Waals surface area contributed by atoms with Gasteiger partial charge in [0.05, 0.1) is 10.6 Å². The molecule has 0 aliphatic heterocycles. The molecule has 0 aliphatic rings. The molecule has 1 N–H and O–H groups in total. The summed E-state index contributed by atoms with van der Waals surface area (Å²) in [6.07, 6.45) is 1.77. The van der Waals surface area contributed by atoms with Gasteiger partial charge in [-0.1, -0.05) is 18.2 Å². The molecule has 0 radical (unpaired) electrons. The van der Waals surface area contributed by atoms with Crippen molar-refractivity contribution in [1.82, 2.24) is 19.0 Å². The standard InChI is InChI=1S/C20H24N4O3S/c1-14-8-9-19-22-17(11-20(25)24(19)13-14)12-21-15(2)16-6-5-7-18(10-16)28(26,27)23(3)4/h5-11,13,15,21H,12H2,1-4H3. The molecule has 0 bridgehead atoms. The number of sulfonamides is 1. The number of benzene rings is 1. The van der Waals surface area contributed by atoms with E-state index in [0.717, 1.165) is 11.1 Å². The first-order valence-electron chi connectivity index (χ1n) is 8.93. The zero-order chi connectivity index (χ0) is 20.5. The van der Waals surface area contributed by atoms with Crippen LogP contribution in [0.1, 0.15) is 29.8 Å². The molecule has 0 spiro atoms. The van der Waals surface area contributed by atoms with Gasteiger partial charge in [-0.2, -0.15) is 0 Å². The molecule has 28 heavy (non-hydrogen) atoms. The van der Waals surface area contributed by atoms with Gasteiger partial charge in [-0.3, -0.25) is 9.20 Å². The third-order valence-electron chi connectivity index (χ3n) is 4.59. The summed E-state index contributed by atoms with van der Waals surface area (Å²) in [6, 6.07) is 12.0. The van der Waals surface area contributed by atoms with E-state index in [4.69, 9.17) is 0 Å². The van der Waals surface area contributed by atoms with E-state index >= 15 is 0 Å². The lowest BCUT2D eigenvalue weighted by Crippen LogP contribution is -2.24. The van der Waals surface area contributed by atoms with Crippen molar-refractivity contribution >= 4 is 15.7 Å². The van der Waals surface area contributed by atoms with E-state index in [2.05, 4.69) is 10.3 Å². The molecule has 0 saturated carbocycles. The van der Waals surface area contributed by atoms with Gasteiger partial charge in [-0.15, -0.1) is 0 Å². The number of aromatic nitrogens is 2. The summed E-state index contributed by atoms with van der Waals surface area (Å²) in [5, 5.41) is 3.31. The van der Waals surface area contributed by atoms with E-state index in [1.54, 1.807) is 24.4 Å². The number of fused-ring (bicyclic) bond motifs is 1. The Kier molecular flexibility index (Phi) is 5.64. The van der Waals surface area contributed by atoms with Gasteiger partial charge >= 0.3 is 0 Å². The molecule has 148 valence electrons. The van der Waals surface area contributed by atoms with Gasteiger partial charge in [-0.05, 0) is 43.2 Å². The fourth-order valence-electron chi connectivity index (χ4n) is 2.88. The van der Waals surface area contributed by atoms with Crippen molar-refractivity contribution < 1.29 is 8.42 Å². The molecule has 1 aromatic carbocycles. The summed E-state index contributed by atoms with van der Waals surface area (Å²) in [4.78, 5) is 17.1. The summed E-state index contributed by atoms with van der Waals surface area (Å²) in [5.74, 6) is 0. The molecule has 3 aromatic rings. The van der Waals surface area contributed by atoms with Gasteiger partial charge in [0.2, 0.25) is 10.0 Å². The van der Waals surface area contributed by atoms with Crippen LogP contribution in [0.3, 0.4) is 0 Å². The molecule has 2 heterocycles. The van der Waals surface area contributed by atoms with E-state index in [0.29, 0.717) is 17.9 Å². The highest BCUT2D eigenvalue weighted by atomic mass is 32.2.